The summed E-state index contributed by atoms with van der Waals surface area (Å²) in [5, 5.41) is 21.4. The third-order valence-corrected chi connectivity index (χ3v) is 10.4. The van der Waals surface area contributed by atoms with Gasteiger partial charge in [0, 0.05) is 10.8 Å². The van der Waals surface area contributed by atoms with Crippen LogP contribution in [-0.4, -0.2) is 38.6 Å². The topological polar surface area (TPSA) is 106 Å². The van der Waals surface area contributed by atoms with Crippen LogP contribution in [0, 0.1) is 13.8 Å². The van der Waals surface area contributed by atoms with E-state index in [0.717, 1.165) is 29.8 Å². The summed E-state index contributed by atoms with van der Waals surface area (Å²) in [5.41, 5.74) is 2.26. The van der Waals surface area contributed by atoms with Gasteiger partial charge in [0.2, 0.25) is 10.9 Å². The number of halogens is 1. The predicted molar refractivity (Wildman–Crippen MR) is 173 cm³/mol. The highest BCUT2D eigenvalue weighted by atomic mass is 35.5. The number of ketones is 1. The molecule has 1 atom stereocenters. The Balaban J connectivity index is 1.43. The van der Waals surface area contributed by atoms with E-state index >= 15 is 0 Å². The van der Waals surface area contributed by atoms with Crippen molar-refractivity contribution in [1.82, 2.24) is 15.2 Å². The number of Topliss-reactive ketones (excluding diaryl/α,β-unsaturated/α-hetero) is 1. The fourth-order valence-electron chi connectivity index (χ4n) is 4.76. The van der Waals surface area contributed by atoms with Crippen LogP contribution in [0.5, 0.6) is 5.75 Å². The van der Waals surface area contributed by atoms with Gasteiger partial charge in [-0.1, -0.05) is 85.2 Å². The van der Waals surface area contributed by atoms with E-state index in [1.165, 1.54) is 45.8 Å². The molecule has 1 N–H and O–H groups in total. The predicted octanol–water partition coefficient (Wildman–Crippen LogP) is 8.30. The van der Waals surface area contributed by atoms with Crippen molar-refractivity contribution >= 4 is 62.9 Å². The Labute approximate surface area is 267 Å². The van der Waals surface area contributed by atoms with E-state index < -0.39 is 23.5 Å². The van der Waals surface area contributed by atoms with Gasteiger partial charge in [0.15, 0.2) is 10.1 Å². The molecule has 4 aromatic rings. The van der Waals surface area contributed by atoms with Crippen molar-refractivity contribution in [2.24, 2.45) is 0 Å². The monoisotopic (exact) mass is 654 g/mol. The minimum absolute atomic E-state index is 0.00412. The molecule has 43 heavy (non-hydrogen) atoms. The highest BCUT2D eigenvalue weighted by Gasteiger charge is 2.46. The second-order valence-electron chi connectivity index (χ2n) is 10.1. The number of rotatable bonds is 13. The molecular formula is C31H31ClN4O4S3. The number of aromatic nitrogens is 3. The van der Waals surface area contributed by atoms with E-state index in [0.29, 0.717) is 43.6 Å². The summed E-state index contributed by atoms with van der Waals surface area (Å²) in [7, 11) is 0. The molecular weight excluding hydrogens is 624 g/mol. The molecule has 2 aromatic heterocycles. The number of unbranched alkanes of at least 4 members (excludes halogenated alkanes) is 3. The zero-order chi connectivity index (χ0) is 30.5. The first-order valence-corrected chi connectivity index (χ1v) is 17.0. The maximum atomic E-state index is 13.9. The van der Waals surface area contributed by atoms with Gasteiger partial charge in [0.05, 0.1) is 33.8 Å². The number of ether oxygens (including phenoxy) is 1. The minimum Gasteiger partial charge on any atom is -0.503 e. The van der Waals surface area contributed by atoms with Gasteiger partial charge < -0.3 is 9.84 Å². The molecule has 8 nitrogen and oxygen atoms in total. The largest absolute Gasteiger partial charge is 0.503 e. The molecule has 3 heterocycles. The lowest BCUT2D eigenvalue weighted by molar-refractivity contribution is -0.117. The van der Waals surface area contributed by atoms with Crippen LogP contribution in [0.1, 0.15) is 70.1 Å². The van der Waals surface area contributed by atoms with Gasteiger partial charge in [-0.3, -0.25) is 14.5 Å². The van der Waals surface area contributed by atoms with Crippen LogP contribution in [0.3, 0.4) is 0 Å². The number of hydrogen-bond donors (Lipinski definition) is 1. The summed E-state index contributed by atoms with van der Waals surface area (Å²) < 4.78 is 6.56. The summed E-state index contributed by atoms with van der Waals surface area (Å²) in [6.07, 6.45) is 4.41. The number of hydrogen-bond acceptors (Lipinski definition) is 10. The maximum Gasteiger partial charge on any atom is 0.296 e. The molecule has 0 radical (unpaired) electrons. The van der Waals surface area contributed by atoms with E-state index in [1.54, 1.807) is 6.92 Å². The first kappa shape index (κ1) is 31.2. The molecule has 5 rings (SSSR count). The maximum absolute atomic E-state index is 13.9. The smallest absolute Gasteiger partial charge is 0.296 e. The lowest BCUT2D eigenvalue weighted by Crippen LogP contribution is -2.31. The van der Waals surface area contributed by atoms with Crippen molar-refractivity contribution < 1.29 is 19.4 Å². The summed E-state index contributed by atoms with van der Waals surface area (Å²) in [5.74, 6) is -0.390. The first-order valence-electron chi connectivity index (χ1n) is 14.0. The SMILES string of the molecule is CCCCCCOc1ccc(C2C(C(=O)c3sc(C)nc3C)=C(O)C(=O)N2c2nnc(SCc3ccc(Cl)cc3)s2)cc1. The number of thioether (sulfide) groups is 1. The molecule has 0 bridgehead atoms. The van der Waals surface area contributed by atoms with Crippen molar-refractivity contribution in [3.8, 4) is 5.75 Å². The van der Waals surface area contributed by atoms with Gasteiger partial charge in [-0.2, -0.15) is 0 Å². The third-order valence-electron chi connectivity index (χ3n) is 6.90. The molecule has 0 saturated heterocycles. The van der Waals surface area contributed by atoms with Crippen LogP contribution in [-0.2, 0) is 10.5 Å². The Morgan fingerprint density at radius 2 is 1.79 bits per heavy atom. The van der Waals surface area contributed by atoms with Crippen LogP contribution < -0.4 is 9.64 Å². The number of nitrogens with zero attached hydrogens (tertiary/aromatic N) is 4. The quantitative estimate of drug-likeness (QED) is 0.0664. The number of aliphatic hydroxyl groups excluding tert-OH is 1. The van der Waals surface area contributed by atoms with E-state index in [2.05, 4.69) is 22.1 Å². The molecule has 224 valence electrons. The van der Waals surface area contributed by atoms with Gasteiger partial charge in [-0.05, 0) is 55.7 Å². The van der Waals surface area contributed by atoms with Crippen LogP contribution >= 0.6 is 46.0 Å². The van der Waals surface area contributed by atoms with Crippen molar-refractivity contribution in [3.05, 3.63) is 91.6 Å². The Bertz CT molecular complexity index is 1630. The summed E-state index contributed by atoms with van der Waals surface area (Å²) in [4.78, 5) is 33.6. The lowest BCUT2D eigenvalue weighted by atomic mass is 9.95. The molecule has 1 amide bonds. The number of aryl methyl sites for hydroxylation is 2. The highest BCUT2D eigenvalue weighted by Crippen LogP contribution is 2.44. The summed E-state index contributed by atoms with van der Waals surface area (Å²) in [6, 6.07) is 13.9. The normalized spacial score (nSPS) is 15.0. The Morgan fingerprint density at radius 3 is 2.47 bits per heavy atom. The van der Waals surface area contributed by atoms with Gasteiger partial charge in [0.1, 0.15) is 5.75 Å². The van der Waals surface area contributed by atoms with E-state index in [4.69, 9.17) is 16.3 Å². The van der Waals surface area contributed by atoms with Gasteiger partial charge in [-0.25, -0.2) is 4.98 Å². The lowest BCUT2D eigenvalue weighted by Gasteiger charge is -2.24. The number of amides is 1. The molecule has 0 aliphatic carbocycles. The summed E-state index contributed by atoms with van der Waals surface area (Å²) >= 11 is 9.95. The third kappa shape index (κ3) is 7.12. The molecule has 0 saturated carbocycles. The Morgan fingerprint density at radius 1 is 1.05 bits per heavy atom. The molecule has 12 heteroatoms. The van der Waals surface area contributed by atoms with Gasteiger partial charge >= 0.3 is 0 Å². The number of aliphatic hydroxyl groups is 1. The van der Waals surface area contributed by atoms with Crippen molar-refractivity contribution in [2.45, 2.75) is 62.6 Å². The van der Waals surface area contributed by atoms with E-state index in [9.17, 15) is 14.7 Å². The van der Waals surface area contributed by atoms with Gasteiger partial charge in [0.25, 0.3) is 5.91 Å². The number of carbonyl (C=O) groups excluding carboxylic acids is 2. The molecule has 1 aliphatic rings. The minimum atomic E-state index is -0.900. The zero-order valence-corrected chi connectivity index (χ0v) is 27.2. The van der Waals surface area contributed by atoms with E-state index in [-0.39, 0.29) is 10.7 Å². The average Bonchev–Trinajstić information content (AvgIpc) is 3.68. The van der Waals surface area contributed by atoms with Crippen LogP contribution in [0.25, 0.3) is 0 Å². The second kappa shape index (κ2) is 14.0. The van der Waals surface area contributed by atoms with Crippen LogP contribution in [0.15, 0.2) is 64.2 Å². The standard InChI is InChI=1S/C31H31ClN4O4S3/c1-4-5-6-7-16-40-23-14-10-21(11-15-23)25-24(26(37)28-18(2)33-19(3)42-28)27(38)29(39)36(25)30-34-35-31(43-30)41-17-20-8-12-22(32)13-9-20/h8-15,25,38H,4-7,16-17H2,1-3H3. The summed E-state index contributed by atoms with van der Waals surface area (Å²) in [6.45, 7) is 6.35. The molecule has 1 unspecified atom stereocenters. The Kier molecular flexibility index (Phi) is 10.2. The van der Waals surface area contributed by atoms with E-state index in [1.807, 2.05) is 55.5 Å². The zero-order valence-electron chi connectivity index (χ0n) is 24.0. The van der Waals surface area contributed by atoms with Crippen molar-refractivity contribution in [1.29, 1.82) is 0 Å². The van der Waals surface area contributed by atoms with Crippen molar-refractivity contribution in [2.75, 3.05) is 11.5 Å². The molecule has 0 fully saturated rings. The Hall–Kier alpha value is -3.25. The fraction of sp³-hybridized carbons (Fsp3) is 0.323. The van der Waals surface area contributed by atoms with Crippen LogP contribution in [0.2, 0.25) is 5.02 Å². The van der Waals surface area contributed by atoms with Crippen molar-refractivity contribution in [3.63, 3.8) is 0 Å². The van der Waals surface area contributed by atoms with Gasteiger partial charge in [-0.15, -0.1) is 21.5 Å². The first-order chi connectivity index (χ1) is 20.8. The number of thiazole rings is 1. The average molecular weight is 655 g/mol. The highest BCUT2D eigenvalue weighted by molar-refractivity contribution is 8.00. The second-order valence-corrected chi connectivity index (χ2v) is 13.9. The molecule has 2 aromatic carbocycles. The molecule has 1 aliphatic heterocycles. The van der Waals surface area contributed by atoms with Crippen LogP contribution in [0.4, 0.5) is 5.13 Å². The number of benzene rings is 2. The fourth-order valence-corrected chi connectivity index (χ4v) is 7.59. The number of anilines is 1. The number of carbonyl (C=O) groups is 2. The molecule has 0 spiro atoms.